The van der Waals surface area contributed by atoms with E-state index in [-0.39, 0.29) is 12.5 Å². The first kappa shape index (κ1) is 18.3. The van der Waals surface area contributed by atoms with E-state index in [9.17, 15) is 9.59 Å². The molecule has 0 bridgehead atoms. The number of rotatable bonds is 5. The van der Waals surface area contributed by atoms with Gasteiger partial charge in [0.25, 0.3) is 5.91 Å². The number of ether oxygens (including phenoxy) is 2. The Balaban J connectivity index is 1.97. The maximum absolute atomic E-state index is 12.0. The minimum absolute atomic E-state index is 0.337. The number of anilines is 1. The molecular formula is C18H18INO4. The number of carbonyl (C=O) groups excluding carboxylic acids is 2. The van der Waals surface area contributed by atoms with Crippen LogP contribution in [0.4, 0.5) is 5.69 Å². The summed E-state index contributed by atoms with van der Waals surface area (Å²) in [4.78, 5) is 24.0. The summed E-state index contributed by atoms with van der Waals surface area (Å²) in [6.07, 6.45) is 0. The minimum atomic E-state index is -0.569. The molecule has 2 aromatic carbocycles. The van der Waals surface area contributed by atoms with Gasteiger partial charge in [-0.15, -0.1) is 0 Å². The van der Waals surface area contributed by atoms with Crippen LogP contribution < -0.4 is 10.1 Å². The Kier molecular flexibility index (Phi) is 6.19. The fourth-order valence-electron chi connectivity index (χ4n) is 2.25. The van der Waals surface area contributed by atoms with Gasteiger partial charge in [-0.25, -0.2) is 4.79 Å². The predicted molar refractivity (Wildman–Crippen MR) is 101 cm³/mol. The van der Waals surface area contributed by atoms with Gasteiger partial charge in [0.1, 0.15) is 5.75 Å². The third kappa shape index (κ3) is 4.70. The Labute approximate surface area is 154 Å². The third-order valence-corrected chi connectivity index (χ3v) is 4.02. The van der Waals surface area contributed by atoms with E-state index in [1.807, 2.05) is 26.0 Å². The second-order valence-electron chi connectivity index (χ2n) is 5.27. The van der Waals surface area contributed by atoms with Gasteiger partial charge in [0.15, 0.2) is 6.61 Å². The molecule has 0 unspecified atom stereocenters. The Hall–Kier alpha value is -2.09. The van der Waals surface area contributed by atoms with E-state index in [0.29, 0.717) is 11.3 Å². The molecule has 0 saturated heterocycles. The van der Waals surface area contributed by atoms with Crippen LogP contribution in [-0.2, 0) is 9.53 Å². The highest BCUT2D eigenvalue weighted by molar-refractivity contribution is 14.1. The van der Waals surface area contributed by atoms with Crippen molar-refractivity contribution in [2.75, 3.05) is 19.0 Å². The van der Waals surface area contributed by atoms with Crippen molar-refractivity contribution in [1.29, 1.82) is 0 Å². The molecule has 5 nitrogen and oxygen atoms in total. The zero-order valence-electron chi connectivity index (χ0n) is 13.7. The molecule has 0 spiro atoms. The summed E-state index contributed by atoms with van der Waals surface area (Å²) in [6.45, 7) is 3.50. The first-order chi connectivity index (χ1) is 11.4. The van der Waals surface area contributed by atoms with E-state index in [0.717, 1.165) is 20.4 Å². The van der Waals surface area contributed by atoms with Gasteiger partial charge in [0.2, 0.25) is 0 Å². The zero-order valence-corrected chi connectivity index (χ0v) is 15.8. The highest BCUT2D eigenvalue weighted by Crippen LogP contribution is 2.23. The second kappa shape index (κ2) is 8.14. The fourth-order valence-corrected chi connectivity index (χ4v) is 3.18. The number of benzene rings is 2. The summed E-state index contributed by atoms with van der Waals surface area (Å²) in [5, 5.41) is 2.79. The van der Waals surface area contributed by atoms with Gasteiger partial charge < -0.3 is 14.8 Å². The van der Waals surface area contributed by atoms with E-state index in [1.165, 1.54) is 7.11 Å². The van der Waals surface area contributed by atoms with Gasteiger partial charge in [-0.1, -0.05) is 6.07 Å². The van der Waals surface area contributed by atoms with Crippen LogP contribution in [0.2, 0.25) is 0 Å². The van der Waals surface area contributed by atoms with Gasteiger partial charge in [0.05, 0.1) is 12.7 Å². The molecule has 0 heterocycles. The predicted octanol–water partition coefficient (Wildman–Crippen LogP) is 3.71. The number of carbonyl (C=O) groups is 2. The lowest BCUT2D eigenvalue weighted by molar-refractivity contribution is -0.119. The zero-order chi connectivity index (χ0) is 17.7. The van der Waals surface area contributed by atoms with Crippen molar-refractivity contribution in [1.82, 2.24) is 0 Å². The van der Waals surface area contributed by atoms with Crippen LogP contribution in [0.15, 0.2) is 36.4 Å². The molecule has 0 radical (unpaired) electrons. The molecule has 2 aromatic rings. The van der Waals surface area contributed by atoms with Crippen LogP contribution in [0.3, 0.4) is 0 Å². The van der Waals surface area contributed by atoms with E-state index in [2.05, 4.69) is 27.9 Å². The highest BCUT2D eigenvalue weighted by Gasteiger charge is 2.13. The molecule has 1 N–H and O–H groups in total. The van der Waals surface area contributed by atoms with Crippen LogP contribution in [-0.4, -0.2) is 25.6 Å². The first-order valence-electron chi connectivity index (χ1n) is 7.28. The van der Waals surface area contributed by atoms with E-state index < -0.39 is 5.97 Å². The minimum Gasteiger partial charge on any atom is -0.497 e. The first-order valence-corrected chi connectivity index (χ1v) is 8.36. The Morgan fingerprint density at radius 3 is 2.42 bits per heavy atom. The molecule has 0 aliphatic heterocycles. The van der Waals surface area contributed by atoms with Crippen LogP contribution in [0, 0.1) is 17.4 Å². The summed E-state index contributed by atoms with van der Waals surface area (Å²) in [7, 11) is 1.52. The number of aryl methyl sites for hydroxylation is 2. The standard InChI is InChI=1S/C18H18INO4/c1-11-7-14(19)8-12(2)17(11)20-16(21)10-24-18(22)13-5-4-6-15(9-13)23-3/h4-9H,10H2,1-3H3,(H,20,21). The number of methoxy groups -OCH3 is 1. The van der Waals surface area contributed by atoms with Crippen molar-refractivity contribution >= 4 is 40.2 Å². The number of esters is 1. The van der Waals surface area contributed by atoms with Gasteiger partial charge >= 0.3 is 5.97 Å². The number of hydrogen-bond donors (Lipinski definition) is 1. The number of amides is 1. The average molecular weight is 439 g/mol. The molecule has 0 aromatic heterocycles. The molecule has 24 heavy (non-hydrogen) atoms. The topological polar surface area (TPSA) is 64.6 Å². The van der Waals surface area contributed by atoms with Crippen molar-refractivity contribution in [2.45, 2.75) is 13.8 Å². The largest absolute Gasteiger partial charge is 0.497 e. The second-order valence-corrected chi connectivity index (χ2v) is 6.52. The molecule has 0 aliphatic carbocycles. The van der Waals surface area contributed by atoms with Crippen molar-refractivity contribution in [3.63, 3.8) is 0 Å². The lowest BCUT2D eigenvalue weighted by atomic mass is 10.1. The summed E-state index contributed by atoms with van der Waals surface area (Å²) in [5.41, 5.74) is 3.01. The van der Waals surface area contributed by atoms with Gasteiger partial charge in [-0.2, -0.15) is 0 Å². The monoisotopic (exact) mass is 439 g/mol. The Morgan fingerprint density at radius 2 is 1.79 bits per heavy atom. The van der Waals surface area contributed by atoms with Crippen molar-refractivity contribution < 1.29 is 19.1 Å². The summed E-state index contributed by atoms with van der Waals surface area (Å²) in [6, 6.07) is 10.5. The lowest BCUT2D eigenvalue weighted by Crippen LogP contribution is -2.22. The molecule has 6 heteroatoms. The third-order valence-electron chi connectivity index (χ3n) is 3.40. The average Bonchev–Trinajstić information content (AvgIpc) is 2.56. The number of nitrogens with one attached hydrogen (secondary N) is 1. The Bertz CT molecular complexity index is 750. The number of halogens is 1. The van der Waals surface area contributed by atoms with Crippen LogP contribution in [0.5, 0.6) is 5.75 Å². The van der Waals surface area contributed by atoms with E-state index >= 15 is 0 Å². The normalized spacial score (nSPS) is 10.2. The van der Waals surface area contributed by atoms with Crippen molar-refractivity contribution in [2.24, 2.45) is 0 Å². The molecule has 0 fully saturated rings. The molecule has 2 rings (SSSR count). The number of hydrogen-bond acceptors (Lipinski definition) is 4. The SMILES string of the molecule is COc1cccc(C(=O)OCC(=O)Nc2c(C)cc(I)cc2C)c1. The highest BCUT2D eigenvalue weighted by atomic mass is 127. The van der Waals surface area contributed by atoms with Gasteiger partial charge in [0, 0.05) is 9.26 Å². The van der Waals surface area contributed by atoms with E-state index in [4.69, 9.17) is 9.47 Å². The smallest absolute Gasteiger partial charge is 0.338 e. The van der Waals surface area contributed by atoms with E-state index in [1.54, 1.807) is 24.3 Å². The van der Waals surface area contributed by atoms with Crippen LogP contribution in [0.25, 0.3) is 0 Å². The molecule has 0 aliphatic rings. The summed E-state index contributed by atoms with van der Waals surface area (Å²) < 4.78 is 11.2. The summed E-state index contributed by atoms with van der Waals surface area (Å²) >= 11 is 2.23. The molecule has 0 atom stereocenters. The molecule has 0 saturated carbocycles. The molecular weight excluding hydrogens is 421 g/mol. The quantitative estimate of drug-likeness (QED) is 0.570. The fraction of sp³-hybridized carbons (Fsp3) is 0.222. The van der Waals surface area contributed by atoms with Crippen molar-refractivity contribution in [3.05, 3.63) is 56.7 Å². The summed E-state index contributed by atoms with van der Waals surface area (Å²) in [5.74, 6) is -0.391. The maximum atomic E-state index is 12.0. The van der Waals surface area contributed by atoms with Gasteiger partial charge in [-0.3, -0.25) is 4.79 Å². The lowest BCUT2D eigenvalue weighted by Gasteiger charge is -2.12. The van der Waals surface area contributed by atoms with Crippen molar-refractivity contribution in [3.8, 4) is 5.75 Å². The molecule has 1 amide bonds. The maximum Gasteiger partial charge on any atom is 0.338 e. The Morgan fingerprint density at radius 1 is 1.12 bits per heavy atom. The van der Waals surface area contributed by atoms with Crippen LogP contribution in [0.1, 0.15) is 21.5 Å². The van der Waals surface area contributed by atoms with Gasteiger partial charge in [-0.05, 0) is 77.9 Å². The van der Waals surface area contributed by atoms with Crippen LogP contribution >= 0.6 is 22.6 Å². The molecule has 126 valence electrons.